The quantitative estimate of drug-likeness (QED) is 0.900. The average Bonchev–Trinajstić information content (AvgIpc) is 2.45. The molecule has 0 bridgehead atoms. The molecular formula is C14H13ClN2O2. The fourth-order valence-corrected chi connectivity index (χ4v) is 1.84. The SMILES string of the molecule is O=C(N[C@H](CO)c1ccccc1)c1cc(Cl)ccn1. The second-order valence-corrected chi connectivity index (χ2v) is 4.42. The van der Waals surface area contributed by atoms with E-state index in [9.17, 15) is 9.90 Å². The van der Waals surface area contributed by atoms with E-state index in [1.165, 1.54) is 12.3 Å². The predicted molar refractivity (Wildman–Crippen MR) is 73.0 cm³/mol. The number of carbonyl (C=O) groups excluding carboxylic acids is 1. The Morgan fingerprint density at radius 2 is 2.05 bits per heavy atom. The number of aromatic nitrogens is 1. The summed E-state index contributed by atoms with van der Waals surface area (Å²) < 4.78 is 0. The molecule has 0 unspecified atom stereocenters. The third kappa shape index (κ3) is 3.53. The first-order valence-corrected chi connectivity index (χ1v) is 6.16. The Hall–Kier alpha value is -1.91. The van der Waals surface area contributed by atoms with Crippen LogP contribution in [0.15, 0.2) is 48.7 Å². The maximum atomic E-state index is 12.0. The van der Waals surface area contributed by atoms with Gasteiger partial charge in [0.1, 0.15) is 5.69 Å². The van der Waals surface area contributed by atoms with Crippen LogP contribution in [0.1, 0.15) is 22.1 Å². The number of rotatable bonds is 4. The van der Waals surface area contributed by atoms with E-state index in [2.05, 4.69) is 10.3 Å². The highest BCUT2D eigenvalue weighted by Crippen LogP contribution is 2.13. The van der Waals surface area contributed by atoms with E-state index in [0.29, 0.717) is 5.02 Å². The Bertz CT molecular complexity index is 560. The van der Waals surface area contributed by atoms with Crippen molar-refractivity contribution < 1.29 is 9.90 Å². The summed E-state index contributed by atoms with van der Waals surface area (Å²) in [4.78, 5) is 15.9. The summed E-state index contributed by atoms with van der Waals surface area (Å²) in [7, 11) is 0. The molecule has 0 spiro atoms. The molecule has 5 heteroatoms. The van der Waals surface area contributed by atoms with Gasteiger partial charge in [-0.05, 0) is 17.7 Å². The first kappa shape index (κ1) is 13.5. The highest BCUT2D eigenvalue weighted by atomic mass is 35.5. The smallest absolute Gasteiger partial charge is 0.270 e. The van der Waals surface area contributed by atoms with Crippen LogP contribution in [0.5, 0.6) is 0 Å². The minimum atomic E-state index is -0.463. The van der Waals surface area contributed by atoms with Crippen molar-refractivity contribution in [1.29, 1.82) is 0 Å². The first-order valence-electron chi connectivity index (χ1n) is 5.79. The number of nitrogens with zero attached hydrogens (tertiary/aromatic N) is 1. The lowest BCUT2D eigenvalue weighted by Crippen LogP contribution is -2.31. The van der Waals surface area contributed by atoms with E-state index < -0.39 is 6.04 Å². The van der Waals surface area contributed by atoms with Crippen molar-refractivity contribution in [2.24, 2.45) is 0 Å². The number of halogens is 1. The standard InChI is InChI=1S/C14H13ClN2O2/c15-11-6-7-16-12(8-11)14(19)17-13(9-18)10-4-2-1-3-5-10/h1-8,13,18H,9H2,(H,17,19)/t13-/m1/s1. The molecule has 2 rings (SSSR count). The number of hydrogen-bond acceptors (Lipinski definition) is 3. The Labute approximate surface area is 116 Å². The molecule has 0 aliphatic rings. The molecule has 4 nitrogen and oxygen atoms in total. The van der Waals surface area contributed by atoms with Crippen LogP contribution in [-0.2, 0) is 0 Å². The zero-order chi connectivity index (χ0) is 13.7. The van der Waals surface area contributed by atoms with Gasteiger partial charge >= 0.3 is 0 Å². The maximum absolute atomic E-state index is 12.0. The normalized spacial score (nSPS) is 11.9. The van der Waals surface area contributed by atoms with E-state index in [-0.39, 0.29) is 18.2 Å². The molecule has 1 aromatic heterocycles. The third-order valence-corrected chi connectivity index (χ3v) is 2.88. The zero-order valence-electron chi connectivity index (χ0n) is 10.1. The molecule has 2 aromatic rings. The van der Waals surface area contributed by atoms with Gasteiger partial charge in [-0.1, -0.05) is 41.9 Å². The van der Waals surface area contributed by atoms with Crippen molar-refractivity contribution in [3.63, 3.8) is 0 Å². The monoisotopic (exact) mass is 276 g/mol. The van der Waals surface area contributed by atoms with Gasteiger partial charge in [-0.3, -0.25) is 9.78 Å². The number of amides is 1. The molecule has 2 N–H and O–H groups in total. The van der Waals surface area contributed by atoms with Crippen LogP contribution in [0.3, 0.4) is 0 Å². The molecule has 1 aromatic carbocycles. The van der Waals surface area contributed by atoms with E-state index in [1.54, 1.807) is 6.07 Å². The molecule has 0 fully saturated rings. The Balaban J connectivity index is 2.13. The second-order valence-electron chi connectivity index (χ2n) is 3.98. The molecule has 1 atom stereocenters. The number of aliphatic hydroxyl groups is 1. The fraction of sp³-hybridized carbons (Fsp3) is 0.143. The molecule has 0 aliphatic carbocycles. The summed E-state index contributed by atoms with van der Waals surface area (Å²) in [6, 6.07) is 11.9. The summed E-state index contributed by atoms with van der Waals surface area (Å²) in [5.74, 6) is -0.370. The second kappa shape index (κ2) is 6.31. The van der Waals surface area contributed by atoms with Gasteiger partial charge in [-0.15, -0.1) is 0 Å². The molecule has 1 heterocycles. The minimum absolute atomic E-state index is 0.184. The lowest BCUT2D eigenvalue weighted by molar-refractivity contribution is 0.0911. The number of hydrogen-bond donors (Lipinski definition) is 2. The molecule has 98 valence electrons. The molecule has 0 radical (unpaired) electrons. The third-order valence-electron chi connectivity index (χ3n) is 2.64. The highest BCUT2D eigenvalue weighted by Gasteiger charge is 2.15. The van der Waals surface area contributed by atoms with E-state index in [0.717, 1.165) is 5.56 Å². The first-order chi connectivity index (χ1) is 9.20. The zero-order valence-corrected chi connectivity index (χ0v) is 10.8. The van der Waals surface area contributed by atoms with Crippen molar-refractivity contribution in [3.05, 3.63) is 64.9 Å². The van der Waals surface area contributed by atoms with Crippen LogP contribution in [0.2, 0.25) is 5.02 Å². The number of nitrogens with one attached hydrogen (secondary N) is 1. The number of pyridine rings is 1. The Kier molecular flexibility index (Phi) is 4.49. The fourth-order valence-electron chi connectivity index (χ4n) is 1.68. The number of aliphatic hydroxyl groups excluding tert-OH is 1. The van der Waals surface area contributed by atoms with Crippen LogP contribution >= 0.6 is 11.6 Å². The van der Waals surface area contributed by atoms with Crippen LogP contribution in [0.4, 0.5) is 0 Å². The van der Waals surface area contributed by atoms with Gasteiger partial charge in [0.05, 0.1) is 12.6 Å². The van der Waals surface area contributed by atoms with Gasteiger partial charge in [-0.25, -0.2) is 0 Å². The van der Waals surface area contributed by atoms with Gasteiger partial charge in [-0.2, -0.15) is 0 Å². The van der Waals surface area contributed by atoms with Gasteiger partial charge in [0, 0.05) is 11.2 Å². The van der Waals surface area contributed by atoms with Crippen LogP contribution < -0.4 is 5.32 Å². The number of benzene rings is 1. The lowest BCUT2D eigenvalue weighted by Gasteiger charge is -2.16. The van der Waals surface area contributed by atoms with E-state index >= 15 is 0 Å². The summed E-state index contributed by atoms with van der Waals surface area (Å²) in [5, 5.41) is 12.5. The summed E-state index contributed by atoms with van der Waals surface area (Å²) in [6.07, 6.45) is 1.47. The van der Waals surface area contributed by atoms with Gasteiger partial charge in [0.2, 0.25) is 0 Å². The van der Waals surface area contributed by atoms with Crippen molar-refractivity contribution in [2.75, 3.05) is 6.61 Å². The van der Waals surface area contributed by atoms with Crippen LogP contribution in [0.25, 0.3) is 0 Å². The number of carbonyl (C=O) groups is 1. The van der Waals surface area contributed by atoms with Gasteiger partial charge < -0.3 is 10.4 Å². The molecule has 19 heavy (non-hydrogen) atoms. The van der Waals surface area contributed by atoms with E-state index in [1.807, 2.05) is 30.3 Å². The molecule has 0 saturated heterocycles. The Morgan fingerprint density at radius 1 is 1.32 bits per heavy atom. The summed E-state index contributed by atoms with van der Waals surface area (Å²) >= 11 is 5.81. The highest BCUT2D eigenvalue weighted by molar-refractivity contribution is 6.30. The summed E-state index contributed by atoms with van der Waals surface area (Å²) in [5.41, 5.74) is 1.06. The van der Waals surface area contributed by atoms with Gasteiger partial charge in [0.25, 0.3) is 5.91 Å². The van der Waals surface area contributed by atoms with Crippen LogP contribution in [0, 0.1) is 0 Å². The average molecular weight is 277 g/mol. The summed E-state index contributed by atoms with van der Waals surface area (Å²) in [6.45, 7) is -0.184. The van der Waals surface area contributed by atoms with Crippen molar-refractivity contribution in [2.45, 2.75) is 6.04 Å². The van der Waals surface area contributed by atoms with E-state index in [4.69, 9.17) is 11.6 Å². The lowest BCUT2D eigenvalue weighted by atomic mass is 10.1. The minimum Gasteiger partial charge on any atom is -0.394 e. The molecule has 1 amide bonds. The van der Waals surface area contributed by atoms with Gasteiger partial charge in [0.15, 0.2) is 0 Å². The Morgan fingerprint density at radius 3 is 2.68 bits per heavy atom. The molecule has 0 aliphatic heterocycles. The van der Waals surface area contributed by atoms with Crippen molar-refractivity contribution >= 4 is 17.5 Å². The van der Waals surface area contributed by atoms with Crippen LogP contribution in [-0.4, -0.2) is 22.6 Å². The maximum Gasteiger partial charge on any atom is 0.270 e. The largest absolute Gasteiger partial charge is 0.394 e. The molecule has 0 saturated carbocycles. The topological polar surface area (TPSA) is 62.2 Å². The predicted octanol–water partition coefficient (Wildman–Crippen LogP) is 2.20. The van der Waals surface area contributed by atoms with Crippen molar-refractivity contribution in [3.8, 4) is 0 Å². The molecular weight excluding hydrogens is 264 g/mol. The van der Waals surface area contributed by atoms with Crippen molar-refractivity contribution in [1.82, 2.24) is 10.3 Å².